The number of aliphatic hydroxyl groups excluding tert-OH is 2. The number of rotatable bonds is 1. The number of nitrogens with zero attached hydrogens (tertiary/aromatic N) is 1. The molecule has 1 saturated heterocycles. The molecular weight excluding hydrogens is 238 g/mol. The van der Waals surface area contributed by atoms with E-state index in [2.05, 4.69) is 0 Å². The number of halogens is 1. The third-order valence-corrected chi connectivity index (χ3v) is 2.68. The average Bonchev–Trinajstić information content (AvgIpc) is 2.51. The zero-order chi connectivity index (χ0) is 12.7. The molecule has 1 aliphatic rings. The first-order valence-electron chi connectivity index (χ1n) is 4.94. The van der Waals surface area contributed by atoms with E-state index >= 15 is 0 Å². The van der Waals surface area contributed by atoms with Crippen molar-refractivity contribution in [2.75, 3.05) is 0 Å². The molecule has 8 heteroatoms. The Labute approximate surface area is 94.1 Å². The first kappa shape index (κ1) is 12.0. The summed E-state index contributed by atoms with van der Waals surface area (Å²) in [6.07, 6.45) is -3.83. The lowest BCUT2D eigenvalue weighted by Gasteiger charge is -2.16. The summed E-state index contributed by atoms with van der Waals surface area (Å²) in [6.45, 7) is 1.50. The monoisotopic (exact) mass is 249 g/mol. The van der Waals surface area contributed by atoms with E-state index in [9.17, 15) is 24.2 Å². The van der Waals surface area contributed by atoms with Crippen LogP contribution in [-0.2, 0) is 4.74 Å². The molecule has 1 aromatic heterocycles. The lowest BCUT2D eigenvalue weighted by Crippen LogP contribution is -2.38. The number of hydrogen-bond acceptors (Lipinski definition) is 5. The minimum Gasteiger partial charge on any atom is -0.388 e. The maximum Gasteiger partial charge on any atom is 0.330 e. The molecule has 94 valence electrons. The van der Waals surface area contributed by atoms with Crippen LogP contribution in [0.15, 0.2) is 15.8 Å². The third-order valence-electron chi connectivity index (χ3n) is 2.68. The summed E-state index contributed by atoms with van der Waals surface area (Å²) in [5, 5.41) is 19.1. The van der Waals surface area contributed by atoms with Gasteiger partial charge in [0.2, 0.25) is 5.82 Å². The van der Waals surface area contributed by atoms with Crippen molar-refractivity contribution < 1.29 is 19.3 Å². The van der Waals surface area contributed by atoms with Crippen molar-refractivity contribution >= 4 is 0 Å². The fourth-order valence-corrected chi connectivity index (χ4v) is 1.71. The lowest BCUT2D eigenvalue weighted by molar-refractivity contribution is -0.0356. The highest BCUT2D eigenvalue weighted by Gasteiger charge is 2.41. The van der Waals surface area contributed by atoms with Crippen molar-refractivity contribution in [3.63, 3.8) is 0 Å². The van der Waals surface area contributed by atoms with Crippen LogP contribution < -0.4 is 11.2 Å². The van der Waals surface area contributed by atoms with Gasteiger partial charge in [0, 0.05) is 0 Å². The number of aromatic nitrogens is 2. The maximum absolute atomic E-state index is 13.0. The molecule has 0 aromatic carbocycles. The second-order valence-electron chi connectivity index (χ2n) is 3.86. The molecule has 1 unspecified atom stereocenters. The van der Waals surface area contributed by atoms with Crippen LogP contribution >= 0.6 is 0 Å². The van der Waals surface area contributed by atoms with Crippen LogP contribution in [-0.4, -0.2) is 38.1 Å². The molecule has 2 heterocycles. The summed E-state index contributed by atoms with van der Waals surface area (Å²) in [4.78, 5) is 24.0. The number of ether oxygens (including phenoxy) is 1. The van der Waals surface area contributed by atoms with Crippen LogP contribution in [0.1, 0.15) is 13.2 Å². The molecule has 4 atom stereocenters. The van der Waals surface area contributed by atoms with Gasteiger partial charge in [-0.05, 0) is 6.92 Å². The van der Waals surface area contributed by atoms with Crippen LogP contribution in [0.25, 0.3) is 0 Å². The second-order valence-corrected chi connectivity index (χ2v) is 3.86. The number of aliphatic hydroxyl groups is 2. The molecule has 17 heavy (non-hydrogen) atoms. The topological polar surface area (TPSA) is 105 Å². The summed E-state index contributed by atoms with van der Waals surface area (Å²) in [5.41, 5.74) is -2.06. The standard InChI is InChI=1S/C9H11FN2O5/c1-3-5(13)6(14)8(17-3)12-2-4(10)7(15)11-9(12)16/h2-3,5-6,8,13-14H,1H3,(H,11,15,16)/t3-,5+,6?,8-/m1/s1/i9+1,11+1,12+1. The second kappa shape index (κ2) is 4.06. The highest BCUT2D eigenvalue weighted by atomic mass is 19.1. The van der Waals surface area contributed by atoms with Gasteiger partial charge in [0.25, 0.3) is 5.56 Å². The molecule has 0 saturated carbocycles. The first-order chi connectivity index (χ1) is 7.91. The van der Waals surface area contributed by atoms with E-state index in [0.717, 1.165) is 0 Å². The highest BCUT2D eigenvalue weighted by Crippen LogP contribution is 2.27. The zero-order valence-electron chi connectivity index (χ0n) is 8.83. The molecule has 0 aliphatic carbocycles. The van der Waals surface area contributed by atoms with E-state index < -0.39 is 41.6 Å². The van der Waals surface area contributed by atoms with Crippen LogP contribution in [0.5, 0.6) is 0 Å². The number of hydrogen-bond donors (Lipinski definition) is 3. The molecule has 0 radical (unpaired) electrons. The summed E-state index contributed by atoms with van der Waals surface area (Å²) >= 11 is 0. The smallest absolute Gasteiger partial charge is 0.330 e. The molecule has 7 nitrogen and oxygen atoms in total. The molecule has 0 amide bonds. The van der Waals surface area contributed by atoms with Gasteiger partial charge in [0.05, 0.1) is 12.3 Å². The largest absolute Gasteiger partial charge is 0.388 e. The zero-order valence-corrected chi connectivity index (χ0v) is 8.83. The molecular formula is C9H11FN2O5. The van der Waals surface area contributed by atoms with E-state index in [0.29, 0.717) is 10.8 Å². The quantitative estimate of drug-likeness (QED) is 0.551. The van der Waals surface area contributed by atoms with Crippen molar-refractivity contribution in [1.29, 1.82) is 0 Å². The Morgan fingerprint density at radius 1 is 1.41 bits per heavy atom. The third kappa shape index (κ3) is 1.90. The van der Waals surface area contributed by atoms with E-state index in [1.54, 1.807) is 4.98 Å². The lowest BCUT2D eigenvalue weighted by atomic mass is 10.1. The van der Waals surface area contributed by atoms with Crippen molar-refractivity contribution in [1.82, 2.24) is 9.55 Å². The summed E-state index contributed by atoms with van der Waals surface area (Å²) < 4.78 is 18.9. The molecule has 2 rings (SSSR count). The van der Waals surface area contributed by atoms with E-state index in [-0.39, 0.29) is 0 Å². The Morgan fingerprint density at radius 2 is 2.06 bits per heavy atom. The van der Waals surface area contributed by atoms with Crippen LogP contribution in [0.3, 0.4) is 0 Å². The first-order valence-corrected chi connectivity index (χ1v) is 4.94. The van der Waals surface area contributed by atoms with Gasteiger partial charge in [-0.3, -0.25) is 14.3 Å². The van der Waals surface area contributed by atoms with Gasteiger partial charge in [0.1, 0.15) is 12.2 Å². The minimum atomic E-state index is -1.37. The van der Waals surface area contributed by atoms with Gasteiger partial charge in [-0.2, -0.15) is 4.39 Å². The number of H-pyrrole nitrogens is 1. The van der Waals surface area contributed by atoms with Gasteiger partial charge in [-0.25, -0.2) is 4.79 Å². The van der Waals surface area contributed by atoms with Crippen molar-refractivity contribution in [2.24, 2.45) is 0 Å². The molecule has 0 spiro atoms. The van der Waals surface area contributed by atoms with E-state index in [1.165, 1.54) is 6.92 Å². The van der Waals surface area contributed by atoms with Crippen LogP contribution in [0.4, 0.5) is 4.39 Å². The fourth-order valence-electron chi connectivity index (χ4n) is 1.71. The highest BCUT2D eigenvalue weighted by molar-refractivity contribution is 4.93. The molecule has 0 bridgehead atoms. The Balaban J connectivity index is 2.46. The van der Waals surface area contributed by atoms with Gasteiger partial charge in [0.15, 0.2) is 6.23 Å². The maximum atomic E-state index is 13.0. The predicted octanol–water partition coefficient (Wildman–Crippen LogP) is -1.69. The van der Waals surface area contributed by atoms with Gasteiger partial charge in [-0.1, -0.05) is 0 Å². The van der Waals surface area contributed by atoms with Crippen LogP contribution in [0.2, 0.25) is 0 Å². The summed E-state index contributed by atoms with van der Waals surface area (Å²) in [6, 6.07) is 0. The Kier molecular flexibility index (Phi) is 2.86. The van der Waals surface area contributed by atoms with Crippen molar-refractivity contribution in [3.05, 3.63) is 32.9 Å². The molecule has 3 N–H and O–H groups in total. The SMILES string of the molecule is C[C@H]1O[C@@H]([15n]2cc(F)c(=O)[15nH][13c]2=O)C(O)[C@H]1O. The van der Waals surface area contributed by atoms with E-state index in [4.69, 9.17) is 4.74 Å². The molecule has 1 aromatic rings. The Morgan fingerprint density at radius 3 is 2.59 bits per heavy atom. The Bertz CT molecular complexity index is 539. The average molecular weight is 249 g/mol. The van der Waals surface area contributed by atoms with Gasteiger partial charge >= 0.3 is 5.69 Å². The number of nitrogens with one attached hydrogen (secondary N) is 1. The van der Waals surface area contributed by atoms with Crippen molar-refractivity contribution in [2.45, 2.75) is 31.5 Å². The summed E-state index contributed by atoms with van der Waals surface area (Å²) in [7, 11) is 0. The molecule has 1 fully saturated rings. The normalized spacial score (nSPS) is 32.9. The fraction of sp³-hybridized carbons (Fsp3) is 0.556. The number of aromatic amines is 1. The van der Waals surface area contributed by atoms with Gasteiger partial charge < -0.3 is 14.9 Å². The minimum absolute atomic E-state index is 0.639. The van der Waals surface area contributed by atoms with Crippen molar-refractivity contribution in [3.8, 4) is 0 Å². The summed E-state index contributed by atoms with van der Waals surface area (Å²) in [5.74, 6) is -1.17. The van der Waals surface area contributed by atoms with Gasteiger partial charge in [-0.15, -0.1) is 0 Å². The van der Waals surface area contributed by atoms with E-state index in [1.807, 2.05) is 0 Å². The Hall–Kier alpha value is -1.51. The predicted molar refractivity (Wildman–Crippen MR) is 52.9 cm³/mol. The molecule has 1 aliphatic heterocycles. The van der Waals surface area contributed by atoms with Crippen LogP contribution in [0, 0.1) is 5.82 Å².